The fourth-order valence-corrected chi connectivity index (χ4v) is 2.88. The molecule has 0 saturated carbocycles. The van der Waals surface area contributed by atoms with Gasteiger partial charge in [-0.05, 0) is 23.8 Å². The summed E-state index contributed by atoms with van der Waals surface area (Å²) < 4.78 is 15.2. The lowest BCUT2D eigenvalue weighted by atomic mass is 10.1. The minimum absolute atomic E-state index is 0.0271. The second kappa shape index (κ2) is 8.43. The highest BCUT2D eigenvalue weighted by Crippen LogP contribution is 2.28. The molecule has 28 heavy (non-hydrogen) atoms. The number of carbonyl (C=O) groups is 3. The first-order chi connectivity index (χ1) is 13.5. The SMILES string of the molecule is COc1ccc(C(=O)NC(CN2C(=O)COC2=O)c2ccccc2)cc1OC. The first-order valence-electron chi connectivity index (χ1n) is 8.58. The largest absolute Gasteiger partial charge is 0.493 e. The predicted octanol–water partition coefficient (Wildman–Crippen LogP) is 2.15. The summed E-state index contributed by atoms with van der Waals surface area (Å²) in [6, 6.07) is 13.3. The Morgan fingerprint density at radius 2 is 1.82 bits per heavy atom. The zero-order chi connectivity index (χ0) is 20.1. The molecule has 1 fully saturated rings. The number of hydrogen-bond donors (Lipinski definition) is 1. The molecular weight excluding hydrogens is 364 g/mol. The van der Waals surface area contributed by atoms with Gasteiger partial charge in [-0.25, -0.2) is 9.69 Å². The van der Waals surface area contributed by atoms with E-state index in [1.807, 2.05) is 30.3 Å². The van der Waals surface area contributed by atoms with Gasteiger partial charge in [-0.1, -0.05) is 30.3 Å². The summed E-state index contributed by atoms with van der Waals surface area (Å²) in [4.78, 5) is 37.5. The third kappa shape index (κ3) is 4.06. The summed E-state index contributed by atoms with van der Waals surface area (Å²) in [5.41, 5.74) is 1.11. The lowest BCUT2D eigenvalue weighted by Crippen LogP contribution is -2.40. The molecule has 8 nitrogen and oxygen atoms in total. The molecule has 0 aromatic heterocycles. The predicted molar refractivity (Wildman–Crippen MR) is 99.3 cm³/mol. The Bertz CT molecular complexity index is 868. The molecule has 1 atom stereocenters. The monoisotopic (exact) mass is 384 g/mol. The van der Waals surface area contributed by atoms with Gasteiger partial charge in [0.2, 0.25) is 0 Å². The van der Waals surface area contributed by atoms with Gasteiger partial charge in [0, 0.05) is 5.56 Å². The van der Waals surface area contributed by atoms with Crippen LogP contribution in [0.3, 0.4) is 0 Å². The van der Waals surface area contributed by atoms with Gasteiger partial charge in [-0.15, -0.1) is 0 Å². The molecule has 0 bridgehead atoms. The van der Waals surface area contributed by atoms with E-state index in [0.29, 0.717) is 17.1 Å². The van der Waals surface area contributed by atoms with Crippen LogP contribution in [0.15, 0.2) is 48.5 Å². The summed E-state index contributed by atoms with van der Waals surface area (Å²) >= 11 is 0. The maximum Gasteiger partial charge on any atom is 0.417 e. The summed E-state index contributed by atoms with van der Waals surface area (Å²) in [7, 11) is 2.99. The van der Waals surface area contributed by atoms with Crippen molar-refractivity contribution in [2.75, 3.05) is 27.4 Å². The summed E-state index contributed by atoms with van der Waals surface area (Å²) in [5.74, 6) is 0.106. The topological polar surface area (TPSA) is 94.2 Å². The zero-order valence-electron chi connectivity index (χ0n) is 15.5. The lowest BCUT2D eigenvalue weighted by Gasteiger charge is -2.23. The molecule has 3 amide bonds. The van der Waals surface area contributed by atoms with Crippen molar-refractivity contribution < 1.29 is 28.6 Å². The number of ether oxygens (including phenoxy) is 3. The van der Waals surface area contributed by atoms with Crippen LogP contribution in [0.1, 0.15) is 22.0 Å². The van der Waals surface area contributed by atoms with Crippen molar-refractivity contribution >= 4 is 17.9 Å². The van der Waals surface area contributed by atoms with E-state index in [-0.39, 0.29) is 19.1 Å². The van der Waals surface area contributed by atoms with Crippen molar-refractivity contribution in [3.63, 3.8) is 0 Å². The van der Waals surface area contributed by atoms with Gasteiger partial charge < -0.3 is 19.5 Å². The Kier molecular flexibility index (Phi) is 5.78. The van der Waals surface area contributed by atoms with Crippen molar-refractivity contribution in [2.24, 2.45) is 0 Å². The maximum absolute atomic E-state index is 12.8. The second-order valence-electron chi connectivity index (χ2n) is 6.07. The van der Waals surface area contributed by atoms with Crippen molar-refractivity contribution in [1.29, 1.82) is 0 Å². The first kappa shape index (κ1) is 19.2. The molecule has 1 unspecified atom stereocenters. The quantitative estimate of drug-likeness (QED) is 0.786. The van der Waals surface area contributed by atoms with E-state index < -0.39 is 18.0 Å². The number of imide groups is 1. The van der Waals surface area contributed by atoms with Crippen molar-refractivity contribution in [3.8, 4) is 11.5 Å². The number of nitrogens with zero attached hydrogens (tertiary/aromatic N) is 1. The second-order valence-corrected chi connectivity index (χ2v) is 6.07. The van der Waals surface area contributed by atoms with Crippen LogP contribution in [-0.2, 0) is 9.53 Å². The fraction of sp³-hybridized carbons (Fsp3) is 0.250. The molecule has 1 aliphatic heterocycles. The van der Waals surface area contributed by atoms with Gasteiger partial charge in [0.05, 0.1) is 26.8 Å². The first-order valence-corrected chi connectivity index (χ1v) is 8.58. The van der Waals surface area contributed by atoms with Crippen LogP contribution in [0, 0.1) is 0 Å². The number of methoxy groups -OCH3 is 2. The molecule has 3 rings (SSSR count). The number of hydrogen-bond acceptors (Lipinski definition) is 6. The summed E-state index contributed by atoms with van der Waals surface area (Å²) in [6.07, 6.45) is -0.716. The number of nitrogens with one attached hydrogen (secondary N) is 1. The van der Waals surface area contributed by atoms with Gasteiger partial charge in [0.1, 0.15) is 0 Å². The van der Waals surface area contributed by atoms with Crippen LogP contribution in [0.25, 0.3) is 0 Å². The minimum atomic E-state index is -0.716. The Morgan fingerprint density at radius 3 is 2.43 bits per heavy atom. The Morgan fingerprint density at radius 1 is 1.11 bits per heavy atom. The van der Waals surface area contributed by atoms with Gasteiger partial charge in [0.25, 0.3) is 11.8 Å². The number of rotatable bonds is 7. The molecule has 2 aromatic carbocycles. The molecule has 8 heteroatoms. The number of carbonyl (C=O) groups excluding carboxylic acids is 3. The van der Waals surface area contributed by atoms with E-state index in [1.54, 1.807) is 18.2 Å². The maximum atomic E-state index is 12.8. The highest BCUT2D eigenvalue weighted by molar-refractivity contribution is 5.98. The minimum Gasteiger partial charge on any atom is -0.493 e. The molecule has 1 saturated heterocycles. The Balaban J connectivity index is 1.84. The van der Waals surface area contributed by atoms with E-state index >= 15 is 0 Å². The smallest absolute Gasteiger partial charge is 0.417 e. The zero-order valence-corrected chi connectivity index (χ0v) is 15.5. The van der Waals surface area contributed by atoms with E-state index in [2.05, 4.69) is 5.32 Å². The number of benzene rings is 2. The van der Waals surface area contributed by atoms with Crippen LogP contribution in [0.5, 0.6) is 11.5 Å². The van der Waals surface area contributed by atoms with Crippen LogP contribution >= 0.6 is 0 Å². The van der Waals surface area contributed by atoms with Crippen LogP contribution < -0.4 is 14.8 Å². The number of cyclic esters (lactones) is 1. The van der Waals surface area contributed by atoms with Crippen LogP contribution in [0.4, 0.5) is 4.79 Å². The Labute approximate surface area is 162 Å². The highest BCUT2D eigenvalue weighted by atomic mass is 16.6. The van der Waals surface area contributed by atoms with E-state index in [1.165, 1.54) is 14.2 Å². The van der Waals surface area contributed by atoms with Crippen LogP contribution in [0.2, 0.25) is 0 Å². The molecule has 0 radical (unpaired) electrons. The standard InChI is InChI=1S/C20H20N2O6/c1-26-16-9-8-14(10-17(16)27-2)19(24)21-15(13-6-4-3-5-7-13)11-22-18(23)12-28-20(22)25/h3-10,15H,11-12H2,1-2H3,(H,21,24). The molecule has 146 valence electrons. The van der Waals surface area contributed by atoms with Gasteiger partial charge in [-0.3, -0.25) is 9.59 Å². The summed E-state index contributed by atoms with van der Waals surface area (Å²) in [5, 5.41) is 2.87. The Hall–Kier alpha value is -3.55. The molecule has 1 heterocycles. The van der Waals surface area contributed by atoms with Crippen molar-refractivity contribution in [1.82, 2.24) is 10.2 Å². The van der Waals surface area contributed by atoms with Gasteiger partial charge in [0.15, 0.2) is 18.1 Å². The molecule has 2 aromatic rings. The number of amides is 3. The van der Waals surface area contributed by atoms with E-state index in [9.17, 15) is 14.4 Å². The average Bonchev–Trinajstić information content (AvgIpc) is 3.05. The van der Waals surface area contributed by atoms with E-state index in [0.717, 1.165) is 10.5 Å². The van der Waals surface area contributed by atoms with Crippen molar-refractivity contribution in [2.45, 2.75) is 6.04 Å². The fourth-order valence-electron chi connectivity index (χ4n) is 2.88. The highest BCUT2D eigenvalue weighted by Gasteiger charge is 2.33. The molecule has 0 spiro atoms. The molecule has 1 N–H and O–H groups in total. The normalized spacial score (nSPS) is 14.4. The lowest BCUT2D eigenvalue weighted by molar-refractivity contribution is -0.126. The molecule has 0 aliphatic carbocycles. The average molecular weight is 384 g/mol. The van der Waals surface area contributed by atoms with Gasteiger partial charge in [-0.2, -0.15) is 0 Å². The third-order valence-corrected chi connectivity index (χ3v) is 4.36. The third-order valence-electron chi connectivity index (χ3n) is 4.36. The van der Waals surface area contributed by atoms with Gasteiger partial charge >= 0.3 is 6.09 Å². The van der Waals surface area contributed by atoms with Crippen molar-refractivity contribution in [3.05, 3.63) is 59.7 Å². The van der Waals surface area contributed by atoms with Crippen LogP contribution in [-0.4, -0.2) is 50.2 Å². The molecular formula is C20H20N2O6. The molecule has 1 aliphatic rings. The van der Waals surface area contributed by atoms with E-state index in [4.69, 9.17) is 14.2 Å². The summed E-state index contributed by atoms with van der Waals surface area (Å²) in [6.45, 7) is -0.315.